The summed E-state index contributed by atoms with van der Waals surface area (Å²) in [5, 5.41) is 13.9. The van der Waals surface area contributed by atoms with Crippen LogP contribution < -0.4 is 5.32 Å². The summed E-state index contributed by atoms with van der Waals surface area (Å²) in [6.07, 6.45) is 2.91. The Balaban J connectivity index is 2.26. The minimum atomic E-state index is -3.63. The van der Waals surface area contributed by atoms with Gasteiger partial charge in [0.25, 0.3) is 10.0 Å². The number of nitro groups is 1. The highest BCUT2D eigenvalue weighted by molar-refractivity contribution is 7.91. The van der Waals surface area contributed by atoms with Crippen LogP contribution in [0.4, 0.5) is 10.7 Å². The van der Waals surface area contributed by atoms with Crippen molar-refractivity contribution in [3.63, 3.8) is 0 Å². The normalized spacial score (nSPS) is 19.8. The van der Waals surface area contributed by atoms with Gasteiger partial charge in [-0.2, -0.15) is 4.31 Å². The number of anilines is 1. The second-order valence-electron chi connectivity index (χ2n) is 5.09. The van der Waals surface area contributed by atoms with Gasteiger partial charge in [-0.1, -0.05) is 24.7 Å². The Labute approximate surface area is 128 Å². The number of rotatable bonds is 6. The zero-order valence-corrected chi connectivity index (χ0v) is 13.7. The summed E-state index contributed by atoms with van der Waals surface area (Å²) in [5.74, 6) is 0.392. The predicted molar refractivity (Wildman–Crippen MR) is 82.3 cm³/mol. The fourth-order valence-corrected chi connectivity index (χ4v) is 5.56. The third-order valence-corrected chi connectivity index (χ3v) is 7.11. The van der Waals surface area contributed by atoms with Crippen LogP contribution in [-0.2, 0) is 10.0 Å². The van der Waals surface area contributed by atoms with E-state index in [0.29, 0.717) is 19.0 Å². The molecule has 1 aliphatic heterocycles. The first-order valence-electron chi connectivity index (χ1n) is 6.86. The number of hydrogen-bond donors (Lipinski definition) is 1. The molecule has 2 heterocycles. The smallest absolute Gasteiger partial charge is 0.304 e. The number of nitrogens with zero attached hydrogens (tertiary/aromatic N) is 2. The molecule has 0 bridgehead atoms. The van der Waals surface area contributed by atoms with Gasteiger partial charge in [-0.25, -0.2) is 8.42 Å². The van der Waals surface area contributed by atoms with Gasteiger partial charge in [0.05, 0.1) is 4.92 Å². The molecular weight excluding hydrogens is 314 g/mol. The van der Waals surface area contributed by atoms with Crippen LogP contribution in [0.2, 0.25) is 0 Å². The average molecular weight is 333 g/mol. The average Bonchev–Trinajstić information content (AvgIpc) is 3.05. The molecule has 1 aliphatic rings. The third-order valence-electron chi connectivity index (χ3n) is 3.65. The van der Waals surface area contributed by atoms with Crippen molar-refractivity contribution in [2.45, 2.75) is 30.4 Å². The second-order valence-corrected chi connectivity index (χ2v) is 8.31. The number of hydrogen-bond acceptors (Lipinski definition) is 6. The standard InChI is InChI=1S/C12H19N3O4S2/c1-3-4-9-5-6-14(8-9)21(18,19)11-7-10(15(16)17)12(13-2)20-11/h7,9,13H,3-6,8H2,1-2H3. The van der Waals surface area contributed by atoms with Crippen molar-refractivity contribution in [1.29, 1.82) is 0 Å². The highest BCUT2D eigenvalue weighted by Gasteiger charge is 2.35. The molecule has 2 rings (SSSR count). The molecule has 21 heavy (non-hydrogen) atoms. The lowest BCUT2D eigenvalue weighted by molar-refractivity contribution is -0.383. The number of nitrogens with one attached hydrogen (secondary N) is 1. The highest BCUT2D eigenvalue weighted by atomic mass is 32.2. The Morgan fingerprint density at radius 3 is 2.81 bits per heavy atom. The van der Waals surface area contributed by atoms with E-state index in [4.69, 9.17) is 0 Å². The molecule has 0 spiro atoms. The fraction of sp³-hybridized carbons (Fsp3) is 0.667. The minimum Gasteiger partial charge on any atom is -0.374 e. The largest absolute Gasteiger partial charge is 0.374 e. The van der Waals surface area contributed by atoms with Gasteiger partial charge >= 0.3 is 5.69 Å². The third kappa shape index (κ3) is 3.19. The lowest BCUT2D eigenvalue weighted by Crippen LogP contribution is -2.28. The molecule has 0 aliphatic carbocycles. The van der Waals surface area contributed by atoms with Crippen LogP contribution >= 0.6 is 11.3 Å². The molecule has 9 heteroatoms. The fourth-order valence-electron chi connectivity index (χ4n) is 2.59. The van der Waals surface area contributed by atoms with E-state index in [-0.39, 0.29) is 14.9 Å². The summed E-state index contributed by atoms with van der Waals surface area (Å²) in [5.41, 5.74) is -0.189. The van der Waals surface area contributed by atoms with Crippen LogP contribution in [0.15, 0.2) is 10.3 Å². The minimum absolute atomic E-state index is 0.0377. The summed E-state index contributed by atoms with van der Waals surface area (Å²) in [6.45, 7) is 3.09. The van der Waals surface area contributed by atoms with E-state index >= 15 is 0 Å². The zero-order valence-electron chi connectivity index (χ0n) is 12.0. The van der Waals surface area contributed by atoms with E-state index in [1.54, 1.807) is 7.05 Å². The van der Waals surface area contributed by atoms with Gasteiger partial charge in [0.2, 0.25) is 0 Å². The van der Waals surface area contributed by atoms with E-state index in [2.05, 4.69) is 12.2 Å². The molecule has 1 aromatic rings. The molecule has 0 saturated carbocycles. The van der Waals surface area contributed by atoms with Gasteiger partial charge in [-0.3, -0.25) is 10.1 Å². The van der Waals surface area contributed by atoms with E-state index in [1.807, 2.05) is 0 Å². The van der Waals surface area contributed by atoms with Crippen molar-refractivity contribution in [1.82, 2.24) is 4.31 Å². The first-order chi connectivity index (χ1) is 9.90. The highest BCUT2D eigenvalue weighted by Crippen LogP contribution is 2.39. The van der Waals surface area contributed by atoms with Crippen LogP contribution in [0.25, 0.3) is 0 Å². The zero-order chi connectivity index (χ0) is 15.6. The summed E-state index contributed by atoms with van der Waals surface area (Å²) in [7, 11) is -2.08. The van der Waals surface area contributed by atoms with Crippen molar-refractivity contribution in [2.75, 3.05) is 25.5 Å². The van der Waals surface area contributed by atoms with Gasteiger partial charge < -0.3 is 5.32 Å². The second kappa shape index (κ2) is 6.29. The van der Waals surface area contributed by atoms with Crippen LogP contribution in [0.3, 0.4) is 0 Å². The molecule has 7 nitrogen and oxygen atoms in total. The number of thiophene rings is 1. The monoisotopic (exact) mass is 333 g/mol. The van der Waals surface area contributed by atoms with Crippen LogP contribution in [0.1, 0.15) is 26.2 Å². The van der Waals surface area contributed by atoms with E-state index in [1.165, 1.54) is 4.31 Å². The molecule has 0 radical (unpaired) electrons. The Morgan fingerprint density at radius 2 is 2.29 bits per heavy atom. The molecular formula is C12H19N3O4S2. The van der Waals surface area contributed by atoms with Crippen LogP contribution in [0, 0.1) is 16.0 Å². The lowest BCUT2D eigenvalue weighted by atomic mass is 10.0. The van der Waals surface area contributed by atoms with Crippen molar-refractivity contribution in [3.8, 4) is 0 Å². The summed E-state index contributed by atoms with van der Waals surface area (Å²) in [4.78, 5) is 10.4. The molecule has 1 N–H and O–H groups in total. The predicted octanol–water partition coefficient (Wildman–Crippen LogP) is 2.51. The quantitative estimate of drug-likeness (QED) is 0.638. The van der Waals surface area contributed by atoms with Crippen molar-refractivity contribution in [2.24, 2.45) is 5.92 Å². The maximum Gasteiger partial charge on any atom is 0.304 e. The van der Waals surface area contributed by atoms with Crippen molar-refractivity contribution < 1.29 is 13.3 Å². The van der Waals surface area contributed by atoms with Crippen molar-refractivity contribution in [3.05, 3.63) is 16.2 Å². The summed E-state index contributed by atoms with van der Waals surface area (Å²) >= 11 is 0.914. The molecule has 1 saturated heterocycles. The summed E-state index contributed by atoms with van der Waals surface area (Å²) in [6, 6.07) is 1.15. The molecule has 1 atom stereocenters. The Hall–Kier alpha value is -1.19. The topological polar surface area (TPSA) is 92.5 Å². The Kier molecular flexibility index (Phi) is 4.84. The molecule has 0 aromatic carbocycles. The number of sulfonamides is 1. The first-order valence-corrected chi connectivity index (χ1v) is 9.12. The molecule has 0 amide bonds. The molecule has 118 valence electrons. The SMILES string of the molecule is CCCC1CCN(S(=O)(=O)c2cc([N+](=O)[O-])c(NC)s2)C1. The first kappa shape index (κ1) is 16.2. The van der Waals surface area contributed by atoms with E-state index in [0.717, 1.165) is 36.7 Å². The molecule has 1 unspecified atom stereocenters. The summed E-state index contributed by atoms with van der Waals surface area (Å²) < 4.78 is 26.6. The maximum atomic E-state index is 12.6. The van der Waals surface area contributed by atoms with Gasteiger partial charge in [0, 0.05) is 26.2 Å². The van der Waals surface area contributed by atoms with E-state index < -0.39 is 14.9 Å². The van der Waals surface area contributed by atoms with Crippen LogP contribution in [-0.4, -0.2) is 37.8 Å². The lowest BCUT2D eigenvalue weighted by Gasteiger charge is -2.14. The Morgan fingerprint density at radius 1 is 1.57 bits per heavy atom. The van der Waals surface area contributed by atoms with Crippen LogP contribution in [0.5, 0.6) is 0 Å². The maximum absolute atomic E-state index is 12.6. The Bertz CT molecular complexity index is 626. The van der Waals surface area contributed by atoms with Gasteiger partial charge in [-0.05, 0) is 18.8 Å². The molecule has 1 fully saturated rings. The van der Waals surface area contributed by atoms with Gasteiger partial charge in [0.15, 0.2) is 5.00 Å². The van der Waals surface area contributed by atoms with Gasteiger partial charge in [0.1, 0.15) is 4.21 Å². The van der Waals surface area contributed by atoms with Gasteiger partial charge in [-0.15, -0.1) is 0 Å². The van der Waals surface area contributed by atoms with E-state index in [9.17, 15) is 18.5 Å². The molecule has 1 aromatic heterocycles. The van der Waals surface area contributed by atoms with Crippen molar-refractivity contribution >= 4 is 32.0 Å².